The first-order valence-electron chi connectivity index (χ1n) is 11.1. The largest absolute Gasteiger partial charge is 0.354 e. The van der Waals surface area contributed by atoms with Crippen molar-refractivity contribution in [3.8, 4) is 0 Å². The van der Waals surface area contributed by atoms with E-state index in [2.05, 4.69) is 5.32 Å². The summed E-state index contributed by atoms with van der Waals surface area (Å²) >= 11 is 18.3. The molecule has 0 unspecified atom stereocenters. The monoisotopic (exact) mass is 561 g/mol. The van der Waals surface area contributed by atoms with E-state index >= 15 is 0 Å². The Kier molecular flexibility index (Phi) is 10.7. The summed E-state index contributed by atoms with van der Waals surface area (Å²) in [5.41, 5.74) is 1.83. The molecule has 0 heterocycles. The highest BCUT2D eigenvalue weighted by Crippen LogP contribution is 2.35. The zero-order valence-corrected chi connectivity index (χ0v) is 23.2. The van der Waals surface area contributed by atoms with E-state index in [-0.39, 0.29) is 33.2 Å². The first-order chi connectivity index (χ1) is 16.3. The number of amides is 2. The summed E-state index contributed by atoms with van der Waals surface area (Å²) in [6.07, 6.45) is 2.68. The quantitative estimate of drug-likeness (QED) is 0.307. The number of halogens is 3. The van der Waals surface area contributed by atoms with Crippen molar-refractivity contribution in [1.29, 1.82) is 0 Å². The average molecular weight is 563 g/mol. The Morgan fingerprint density at radius 1 is 1.06 bits per heavy atom. The van der Waals surface area contributed by atoms with E-state index in [1.54, 1.807) is 6.92 Å². The fourth-order valence-electron chi connectivity index (χ4n) is 3.42. The smallest absolute Gasteiger partial charge is 0.244 e. The molecule has 2 aromatic rings. The molecule has 35 heavy (non-hydrogen) atoms. The van der Waals surface area contributed by atoms with Crippen molar-refractivity contribution in [2.45, 2.75) is 46.2 Å². The van der Waals surface area contributed by atoms with Gasteiger partial charge in [0.15, 0.2) is 0 Å². The third-order valence-corrected chi connectivity index (χ3v) is 7.52. The highest BCUT2D eigenvalue weighted by atomic mass is 35.5. The topological polar surface area (TPSA) is 86.8 Å². The number of anilines is 1. The molecule has 0 saturated carbocycles. The lowest BCUT2D eigenvalue weighted by Crippen LogP contribution is -2.51. The first kappa shape index (κ1) is 29.2. The van der Waals surface area contributed by atoms with Crippen LogP contribution in [-0.2, 0) is 26.2 Å². The van der Waals surface area contributed by atoms with Gasteiger partial charge in [-0.2, -0.15) is 0 Å². The van der Waals surface area contributed by atoms with Crippen molar-refractivity contribution in [1.82, 2.24) is 10.2 Å². The maximum Gasteiger partial charge on any atom is 0.244 e. The van der Waals surface area contributed by atoms with Gasteiger partial charge in [-0.3, -0.25) is 13.9 Å². The number of benzene rings is 2. The van der Waals surface area contributed by atoms with Crippen LogP contribution < -0.4 is 9.62 Å². The molecule has 1 atom stereocenters. The molecule has 2 aromatic carbocycles. The third-order valence-electron chi connectivity index (χ3n) is 5.37. The van der Waals surface area contributed by atoms with Crippen LogP contribution in [-0.4, -0.2) is 50.5 Å². The average Bonchev–Trinajstić information content (AvgIpc) is 2.77. The van der Waals surface area contributed by atoms with Gasteiger partial charge in [-0.25, -0.2) is 8.42 Å². The van der Waals surface area contributed by atoms with E-state index in [0.717, 1.165) is 34.5 Å². The van der Waals surface area contributed by atoms with E-state index in [0.29, 0.717) is 6.54 Å². The molecule has 7 nitrogen and oxygen atoms in total. The molecule has 0 aliphatic heterocycles. The summed E-state index contributed by atoms with van der Waals surface area (Å²) < 4.78 is 26.2. The SMILES string of the molecule is CCCCNC(=O)[C@H](C)N(Cc1cccc(C)c1)C(=O)CN(c1cc(Cl)c(Cl)cc1Cl)S(C)(=O)=O. The van der Waals surface area contributed by atoms with E-state index < -0.39 is 28.5 Å². The lowest BCUT2D eigenvalue weighted by molar-refractivity contribution is -0.139. The summed E-state index contributed by atoms with van der Waals surface area (Å²) in [6.45, 7) is 5.59. The van der Waals surface area contributed by atoms with E-state index in [4.69, 9.17) is 34.8 Å². The Hall–Kier alpha value is -2.00. The number of nitrogens with zero attached hydrogens (tertiary/aromatic N) is 2. The minimum Gasteiger partial charge on any atom is -0.354 e. The van der Waals surface area contributed by atoms with Crippen LogP contribution in [0, 0.1) is 6.92 Å². The normalized spacial score (nSPS) is 12.2. The second-order valence-corrected chi connectivity index (χ2v) is 11.4. The molecule has 0 bridgehead atoms. The highest BCUT2D eigenvalue weighted by Gasteiger charge is 2.31. The Balaban J connectivity index is 2.42. The molecular formula is C24H30Cl3N3O4S. The molecular weight excluding hydrogens is 533 g/mol. The standard InChI is InChI=1S/C24H30Cl3N3O4S/c1-5-6-10-28-24(32)17(3)29(14-18-9-7-8-16(2)11-18)23(31)15-30(35(4,33)34)22-13-20(26)19(25)12-21(22)27/h7-9,11-13,17H,5-6,10,14-15H2,1-4H3,(H,28,32)/t17-/m0/s1. The Labute approximate surface area is 222 Å². The molecule has 0 saturated heterocycles. The lowest BCUT2D eigenvalue weighted by Gasteiger charge is -2.32. The van der Waals surface area contributed by atoms with Gasteiger partial charge in [-0.15, -0.1) is 0 Å². The number of rotatable bonds is 11. The minimum absolute atomic E-state index is 0.0208. The molecule has 0 aromatic heterocycles. The second kappa shape index (κ2) is 12.8. The summed E-state index contributed by atoms with van der Waals surface area (Å²) in [5.74, 6) is -0.893. The van der Waals surface area contributed by atoms with Crippen LogP contribution in [0.5, 0.6) is 0 Å². The van der Waals surface area contributed by atoms with Crippen molar-refractivity contribution in [3.63, 3.8) is 0 Å². The predicted molar refractivity (Wildman–Crippen MR) is 143 cm³/mol. The maximum atomic E-state index is 13.5. The molecule has 0 aliphatic rings. The van der Waals surface area contributed by atoms with Crippen LogP contribution in [0.3, 0.4) is 0 Å². The molecule has 0 aliphatic carbocycles. The molecule has 0 spiro atoms. The fourth-order valence-corrected chi connectivity index (χ4v) is 4.97. The highest BCUT2D eigenvalue weighted by molar-refractivity contribution is 7.92. The lowest BCUT2D eigenvalue weighted by atomic mass is 10.1. The summed E-state index contributed by atoms with van der Waals surface area (Å²) in [4.78, 5) is 27.7. The molecule has 2 rings (SSSR count). The van der Waals surface area contributed by atoms with Crippen LogP contribution in [0.25, 0.3) is 0 Å². The molecule has 0 radical (unpaired) electrons. The van der Waals surface area contributed by atoms with Crippen molar-refractivity contribution in [2.24, 2.45) is 0 Å². The molecule has 11 heteroatoms. The van der Waals surface area contributed by atoms with Crippen LogP contribution >= 0.6 is 34.8 Å². The zero-order chi connectivity index (χ0) is 26.3. The van der Waals surface area contributed by atoms with Crippen molar-refractivity contribution >= 4 is 62.3 Å². The van der Waals surface area contributed by atoms with Crippen molar-refractivity contribution < 1.29 is 18.0 Å². The van der Waals surface area contributed by atoms with Gasteiger partial charge >= 0.3 is 0 Å². The number of nitrogens with one attached hydrogen (secondary N) is 1. The summed E-state index contributed by atoms with van der Waals surface area (Å²) in [5, 5.41) is 3.10. The van der Waals surface area contributed by atoms with E-state index in [1.165, 1.54) is 17.0 Å². The number of unbranched alkanes of at least 4 members (excludes halogenated alkanes) is 1. The molecule has 1 N–H and O–H groups in total. The Morgan fingerprint density at radius 2 is 1.71 bits per heavy atom. The number of carbonyl (C=O) groups is 2. The number of aryl methyl sites for hydroxylation is 1. The summed E-state index contributed by atoms with van der Waals surface area (Å²) in [6, 6.07) is 9.31. The van der Waals surface area contributed by atoms with Gasteiger partial charge in [-0.1, -0.05) is 78.0 Å². The van der Waals surface area contributed by atoms with Gasteiger partial charge in [-0.05, 0) is 38.0 Å². The second-order valence-electron chi connectivity index (χ2n) is 8.32. The summed E-state index contributed by atoms with van der Waals surface area (Å²) in [7, 11) is -3.94. The number of sulfonamides is 1. The Morgan fingerprint density at radius 3 is 2.31 bits per heavy atom. The molecule has 2 amide bonds. The van der Waals surface area contributed by atoms with Crippen molar-refractivity contribution in [2.75, 3.05) is 23.7 Å². The fraction of sp³-hybridized carbons (Fsp3) is 0.417. The van der Waals surface area contributed by atoms with Gasteiger partial charge in [0, 0.05) is 13.1 Å². The molecule has 192 valence electrons. The van der Waals surface area contributed by atoms with Gasteiger partial charge in [0.1, 0.15) is 12.6 Å². The third kappa shape index (κ3) is 8.27. The zero-order valence-electron chi connectivity index (χ0n) is 20.1. The van der Waals surface area contributed by atoms with Crippen molar-refractivity contribution in [3.05, 3.63) is 62.6 Å². The van der Waals surface area contributed by atoms with Crippen LogP contribution in [0.1, 0.15) is 37.8 Å². The van der Waals surface area contributed by atoms with Gasteiger partial charge in [0.2, 0.25) is 21.8 Å². The van der Waals surface area contributed by atoms with E-state index in [1.807, 2.05) is 38.1 Å². The first-order valence-corrected chi connectivity index (χ1v) is 14.1. The minimum atomic E-state index is -3.94. The van der Waals surface area contributed by atoms with Crippen LogP contribution in [0.2, 0.25) is 15.1 Å². The van der Waals surface area contributed by atoms with Crippen LogP contribution in [0.4, 0.5) is 5.69 Å². The number of carbonyl (C=O) groups excluding carboxylic acids is 2. The van der Waals surface area contributed by atoms with Gasteiger partial charge < -0.3 is 10.2 Å². The maximum absolute atomic E-state index is 13.5. The van der Waals surface area contributed by atoms with Gasteiger partial charge in [0.25, 0.3) is 0 Å². The predicted octanol–water partition coefficient (Wildman–Crippen LogP) is 5.05. The van der Waals surface area contributed by atoms with Crippen LogP contribution in [0.15, 0.2) is 36.4 Å². The van der Waals surface area contributed by atoms with Gasteiger partial charge in [0.05, 0.1) is 27.0 Å². The Bertz CT molecular complexity index is 1170. The number of hydrogen-bond donors (Lipinski definition) is 1. The number of hydrogen-bond acceptors (Lipinski definition) is 4. The molecule has 0 fully saturated rings. The van der Waals surface area contributed by atoms with E-state index in [9.17, 15) is 18.0 Å².